The lowest BCUT2D eigenvalue weighted by Gasteiger charge is -2.12. The van der Waals surface area contributed by atoms with Crippen LogP contribution in [0.5, 0.6) is 0 Å². The average molecular weight is 305 g/mol. The van der Waals surface area contributed by atoms with Crippen molar-refractivity contribution in [3.05, 3.63) is 33.8 Å². The molecule has 0 saturated heterocycles. The molecule has 1 unspecified atom stereocenters. The molecule has 1 aromatic rings. The topological polar surface area (TPSA) is 26.0 Å². The van der Waals surface area contributed by atoms with Crippen LogP contribution in [0.4, 0.5) is 13.2 Å². The van der Waals surface area contributed by atoms with E-state index in [-0.39, 0.29) is 18.4 Å². The molecular weight excluding hydrogens is 294 g/mol. The van der Waals surface area contributed by atoms with Crippen LogP contribution in [0.1, 0.15) is 24.1 Å². The normalized spacial score (nSPS) is 13.2. The highest BCUT2D eigenvalue weighted by Gasteiger charge is 2.30. The lowest BCUT2D eigenvalue weighted by Crippen LogP contribution is -2.09. The molecule has 0 aliphatic heterocycles. The summed E-state index contributed by atoms with van der Waals surface area (Å²) in [4.78, 5) is 0. The van der Waals surface area contributed by atoms with Gasteiger partial charge in [0.25, 0.3) is 0 Å². The summed E-state index contributed by atoms with van der Waals surface area (Å²) in [5, 5.41) is 0. The maximum Gasteiger partial charge on any atom is 0.416 e. The lowest BCUT2D eigenvalue weighted by atomic mass is 10.1. The second-order valence-corrected chi connectivity index (χ2v) is 3.88. The molecule has 15 heavy (non-hydrogen) atoms. The van der Waals surface area contributed by atoms with Crippen molar-refractivity contribution in [3.63, 3.8) is 0 Å². The molecule has 6 heteroatoms. The summed E-state index contributed by atoms with van der Waals surface area (Å²) in [6, 6.07) is 3.17. The Kier molecular flexibility index (Phi) is 5.09. The molecule has 0 saturated carbocycles. The third kappa shape index (κ3) is 3.66. The van der Waals surface area contributed by atoms with Crippen molar-refractivity contribution in [2.45, 2.75) is 19.1 Å². The first-order valence-corrected chi connectivity index (χ1v) is 4.74. The van der Waals surface area contributed by atoms with Crippen molar-refractivity contribution in [1.82, 2.24) is 0 Å². The molecule has 0 fully saturated rings. The summed E-state index contributed by atoms with van der Waals surface area (Å²) in [5.41, 5.74) is 5.55. The van der Waals surface area contributed by atoms with Crippen molar-refractivity contribution in [1.29, 1.82) is 0 Å². The molecule has 0 amide bonds. The SMILES string of the molecule is CC(N)c1ccc(C(F)(F)F)cc1Br.Cl. The highest BCUT2D eigenvalue weighted by molar-refractivity contribution is 9.10. The van der Waals surface area contributed by atoms with Crippen LogP contribution in [0.25, 0.3) is 0 Å². The first kappa shape index (κ1) is 14.7. The predicted molar refractivity (Wildman–Crippen MR) is 59.0 cm³/mol. The van der Waals surface area contributed by atoms with Gasteiger partial charge in [-0.05, 0) is 24.6 Å². The highest BCUT2D eigenvalue weighted by atomic mass is 79.9. The molecule has 2 N–H and O–H groups in total. The van der Waals surface area contributed by atoms with E-state index in [1.165, 1.54) is 6.07 Å². The van der Waals surface area contributed by atoms with Gasteiger partial charge in [0.05, 0.1) is 5.56 Å². The molecule has 0 radical (unpaired) electrons. The lowest BCUT2D eigenvalue weighted by molar-refractivity contribution is -0.137. The van der Waals surface area contributed by atoms with Gasteiger partial charge < -0.3 is 5.73 Å². The van der Waals surface area contributed by atoms with E-state index in [4.69, 9.17) is 5.73 Å². The number of alkyl halides is 3. The van der Waals surface area contributed by atoms with Crippen molar-refractivity contribution in [2.24, 2.45) is 5.73 Å². The summed E-state index contributed by atoms with van der Waals surface area (Å²) >= 11 is 3.06. The largest absolute Gasteiger partial charge is 0.416 e. The third-order valence-electron chi connectivity index (χ3n) is 1.82. The van der Waals surface area contributed by atoms with Crippen LogP contribution in [0.2, 0.25) is 0 Å². The van der Waals surface area contributed by atoms with E-state index in [0.29, 0.717) is 10.0 Å². The average Bonchev–Trinajstić information content (AvgIpc) is 2.01. The van der Waals surface area contributed by atoms with Crippen molar-refractivity contribution in [3.8, 4) is 0 Å². The molecule has 1 aromatic carbocycles. The van der Waals surface area contributed by atoms with Gasteiger partial charge in [-0.15, -0.1) is 12.4 Å². The van der Waals surface area contributed by atoms with Gasteiger partial charge in [-0.25, -0.2) is 0 Å². The second-order valence-electron chi connectivity index (χ2n) is 3.02. The van der Waals surface area contributed by atoms with Crippen molar-refractivity contribution in [2.75, 3.05) is 0 Å². The first-order valence-electron chi connectivity index (χ1n) is 3.94. The van der Waals surface area contributed by atoms with Gasteiger partial charge in [-0.1, -0.05) is 22.0 Å². The van der Waals surface area contributed by atoms with Gasteiger partial charge in [-0.2, -0.15) is 13.2 Å². The molecule has 86 valence electrons. The van der Waals surface area contributed by atoms with Gasteiger partial charge in [0, 0.05) is 10.5 Å². The maximum absolute atomic E-state index is 12.2. The number of benzene rings is 1. The second kappa shape index (κ2) is 5.18. The van der Waals surface area contributed by atoms with Crippen LogP contribution in [-0.2, 0) is 6.18 Å². The number of rotatable bonds is 1. The molecular formula is C9H10BrClF3N. The number of halogens is 5. The fourth-order valence-corrected chi connectivity index (χ4v) is 1.81. The minimum atomic E-state index is -4.31. The maximum atomic E-state index is 12.2. The van der Waals surface area contributed by atoms with E-state index in [2.05, 4.69) is 15.9 Å². The van der Waals surface area contributed by atoms with Crippen LogP contribution in [0.15, 0.2) is 22.7 Å². The Bertz CT molecular complexity index is 339. The molecule has 0 aromatic heterocycles. The van der Waals surface area contributed by atoms with E-state index in [1.54, 1.807) is 6.92 Å². The Morgan fingerprint density at radius 1 is 1.33 bits per heavy atom. The van der Waals surface area contributed by atoms with Crippen LogP contribution in [0.3, 0.4) is 0 Å². The fraction of sp³-hybridized carbons (Fsp3) is 0.333. The van der Waals surface area contributed by atoms with E-state index in [0.717, 1.165) is 12.1 Å². The summed E-state index contributed by atoms with van der Waals surface area (Å²) < 4.78 is 37.1. The van der Waals surface area contributed by atoms with Gasteiger partial charge >= 0.3 is 6.18 Å². The summed E-state index contributed by atoms with van der Waals surface area (Å²) in [7, 11) is 0. The first-order chi connectivity index (χ1) is 6.32. The van der Waals surface area contributed by atoms with Crippen LogP contribution in [0, 0.1) is 0 Å². The Morgan fingerprint density at radius 3 is 2.20 bits per heavy atom. The Morgan fingerprint density at radius 2 is 1.87 bits per heavy atom. The van der Waals surface area contributed by atoms with Gasteiger partial charge in [0.2, 0.25) is 0 Å². The molecule has 0 heterocycles. The summed E-state index contributed by atoms with van der Waals surface area (Å²) in [6.45, 7) is 1.72. The van der Waals surface area contributed by atoms with E-state index >= 15 is 0 Å². The van der Waals surface area contributed by atoms with Crippen LogP contribution in [-0.4, -0.2) is 0 Å². The minimum Gasteiger partial charge on any atom is -0.324 e. The standard InChI is InChI=1S/C9H9BrF3N.ClH/c1-5(14)7-3-2-6(4-8(7)10)9(11,12)13;/h2-5H,14H2,1H3;1H. The van der Waals surface area contributed by atoms with Crippen LogP contribution >= 0.6 is 28.3 Å². The van der Waals surface area contributed by atoms with E-state index in [1.807, 2.05) is 0 Å². The molecule has 1 rings (SSSR count). The predicted octanol–water partition coefficient (Wildman–Crippen LogP) is 3.91. The number of hydrogen-bond acceptors (Lipinski definition) is 1. The monoisotopic (exact) mass is 303 g/mol. The zero-order valence-electron chi connectivity index (χ0n) is 7.81. The Balaban J connectivity index is 0.00000196. The zero-order valence-corrected chi connectivity index (χ0v) is 10.2. The summed E-state index contributed by atoms with van der Waals surface area (Å²) in [5.74, 6) is 0. The third-order valence-corrected chi connectivity index (χ3v) is 2.51. The number of nitrogens with two attached hydrogens (primary N) is 1. The summed E-state index contributed by atoms with van der Waals surface area (Å²) in [6.07, 6.45) is -4.31. The van der Waals surface area contributed by atoms with Crippen LogP contribution < -0.4 is 5.73 Å². The zero-order chi connectivity index (χ0) is 10.9. The molecule has 0 bridgehead atoms. The van der Waals surface area contributed by atoms with Crippen molar-refractivity contribution < 1.29 is 13.2 Å². The van der Waals surface area contributed by atoms with E-state index < -0.39 is 11.7 Å². The van der Waals surface area contributed by atoms with Gasteiger partial charge in [0.15, 0.2) is 0 Å². The molecule has 0 spiro atoms. The smallest absolute Gasteiger partial charge is 0.324 e. The number of hydrogen-bond donors (Lipinski definition) is 1. The molecule has 1 nitrogen and oxygen atoms in total. The molecule has 0 aliphatic carbocycles. The van der Waals surface area contributed by atoms with Crippen molar-refractivity contribution >= 4 is 28.3 Å². The van der Waals surface area contributed by atoms with Gasteiger partial charge in [-0.3, -0.25) is 0 Å². The van der Waals surface area contributed by atoms with E-state index in [9.17, 15) is 13.2 Å². The van der Waals surface area contributed by atoms with Gasteiger partial charge in [0.1, 0.15) is 0 Å². The quantitative estimate of drug-likeness (QED) is 0.836. The fourth-order valence-electron chi connectivity index (χ4n) is 1.07. The minimum absolute atomic E-state index is 0. The highest BCUT2D eigenvalue weighted by Crippen LogP contribution is 2.33. The molecule has 0 aliphatic rings. The Hall–Kier alpha value is -0.260. The Labute approximate surface area is 100 Å². The molecule has 1 atom stereocenters.